The molecule has 0 aliphatic heterocycles. The van der Waals surface area contributed by atoms with Crippen LogP contribution in [0.1, 0.15) is 28.6 Å². The van der Waals surface area contributed by atoms with Crippen LogP contribution >= 0.6 is 0 Å². The van der Waals surface area contributed by atoms with E-state index in [2.05, 4.69) is 10.5 Å². The molecule has 104 valence electrons. The number of nitrogens with zero attached hydrogens (tertiary/aromatic N) is 1. The van der Waals surface area contributed by atoms with Gasteiger partial charge in [-0.1, -0.05) is 12.1 Å². The summed E-state index contributed by atoms with van der Waals surface area (Å²) in [5.74, 6) is 1.02. The van der Waals surface area contributed by atoms with Crippen LogP contribution in [0, 0.1) is 6.92 Å². The van der Waals surface area contributed by atoms with Crippen molar-refractivity contribution in [1.82, 2.24) is 5.43 Å². The molecule has 1 aromatic heterocycles. The second-order valence-electron chi connectivity index (χ2n) is 4.26. The highest BCUT2D eigenvalue weighted by Crippen LogP contribution is 2.13. The molecule has 1 N–H and O–H groups in total. The van der Waals surface area contributed by atoms with Crippen molar-refractivity contribution in [3.8, 4) is 5.75 Å². The summed E-state index contributed by atoms with van der Waals surface area (Å²) in [6.45, 7) is 3.55. The Labute approximate surface area is 117 Å². The third kappa shape index (κ3) is 3.06. The summed E-state index contributed by atoms with van der Waals surface area (Å²) in [5.41, 5.74) is 4.56. The molecular formula is C15H16N2O3. The van der Waals surface area contributed by atoms with Gasteiger partial charge in [0.2, 0.25) is 0 Å². The lowest BCUT2D eigenvalue weighted by molar-refractivity contribution is 0.0953. The van der Waals surface area contributed by atoms with Crippen LogP contribution in [0.25, 0.3) is 0 Å². The van der Waals surface area contributed by atoms with Gasteiger partial charge in [0.1, 0.15) is 11.5 Å². The van der Waals surface area contributed by atoms with E-state index in [4.69, 9.17) is 9.15 Å². The highest BCUT2D eigenvalue weighted by atomic mass is 16.5. The van der Waals surface area contributed by atoms with Crippen LogP contribution < -0.4 is 10.2 Å². The lowest BCUT2D eigenvalue weighted by Crippen LogP contribution is -2.19. The van der Waals surface area contributed by atoms with Crippen molar-refractivity contribution in [2.45, 2.75) is 13.8 Å². The first-order valence-corrected chi connectivity index (χ1v) is 6.15. The number of amides is 1. The predicted molar refractivity (Wildman–Crippen MR) is 76.1 cm³/mol. The van der Waals surface area contributed by atoms with E-state index < -0.39 is 0 Å². The Balaban J connectivity index is 2.11. The van der Waals surface area contributed by atoms with Gasteiger partial charge in [-0.25, -0.2) is 5.43 Å². The highest BCUT2D eigenvalue weighted by Gasteiger charge is 2.10. The van der Waals surface area contributed by atoms with E-state index in [0.29, 0.717) is 17.0 Å². The maximum atomic E-state index is 11.9. The smallest absolute Gasteiger partial charge is 0.274 e. The zero-order valence-electron chi connectivity index (χ0n) is 11.6. The van der Waals surface area contributed by atoms with Gasteiger partial charge in [-0.05, 0) is 32.0 Å². The van der Waals surface area contributed by atoms with Gasteiger partial charge >= 0.3 is 0 Å². The third-order valence-electron chi connectivity index (χ3n) is 2.92. The second-order valence-corrected chi connectivity index (χ2v) is 4.26. The van der Waals surface area contributed by atoms with Crippen molar-refractivity contribution in [2.24, 2.45) is 5.10 Å². The molecule has 5 heteroatoms. The summed E-state index contributed by atoms with van der Waals surface area (Å²) in [5, 5.41) is 4.09. The lowest BCUT2D eigenvalue weighted by atomic mass is 10.1. The number of carbonyl (C=O) groups excluding carboxylic acids is 1. The number of carbonyl (C=O) groups is 1. The van der Waals surface area contributed by atoms with Crippen molar-refractivity contribution in [3.63, 3.8) is 0 Å². The number of benzene rings is 1. The zero-order valence-corrected chi connectivity index (χ0v) is 11.6. The SMILES string of the molecule is COc1cccc(/C(C)=N/NC(=O)c2ccoc2C)c1. The van der Waals surface area contributed by atoms with Crippen LogP contribution in [0.5, 0.6) is 5.75 Å². The third-order valence-corrected chi connectivity index (χ3v) is 2.92. The van der Waals surface area contributed by atoms with Crippen molar-refractivity contribution in [3.05, 3.63) is 53.5 Å². The summed E-state index contributed by atoms with van der Waals surface area (Å²) < 4.78 is 10.2. The summed E-state index contributed by atoms with van der Waals surface area (Å²) >= 11 is 0. The van der Waals surface area contributed by atoms with E-state index in [1.807, 2.05) is 31.2 Å². The van der Waals surface area contributed by atoms with Crippen LogP contribution in [-0.4, -0.2) is 18.7 Å². The van der Waals surface area contributed by atoms with Gasteiger partial charge in [0.25, 0.3) is 5.91 Å². The number of hydrogen-bond donors (Lipinski definition) is 1. The fraction of sp³-hybridized carbons (Fsp3) is 0.200. The average molecular weight is 272 g/mol. The van der Waals surface area contributed by atoms with Crippen molar-refractivity contribution in [1.29, 1.82) is 0 Å². The molecule has 2 aromatic rings. The van der Waals surface area contributed by atoms with Gasteiger partial charge in [-0.15, -0.1) is 0 Å². The normalized spacial score (nSPS) is 11.2. The van der Waals surface area contributed by atoms with Crippen LogP contribution in [0.4, 0.5) is 0 Å². The number of methoxy groups -OCH3 is 1. The van der Waals surface area contributed by atoms with Crippen LogP contribution in [0.15, 0.2) is 46.1 Å². The number of aryl methyl sites for hydroxylation is 1. The van der Waals surface area contributed by atoms with Gasteiger partial charge in [0.05, 0.1) is 24.6 Å². The standard InChI is InChI=1S/C15H16N2O3/c1-10(12-5-4-6-13(9-12)19-3)16-17-15(18)14-7-8-20-11(14)2/h4-9H,1-3H3,(H,17,18)/b16-10+. The van der Waals surface area contributed by atoms with E-state index in [-0.39, 0.29) is 5.91 Å². The largest absolute Gasteiger partial charge is 0.497 e. The number of hydrogen-bond acceptors (Lipinski definition) is 4. The molecule has 0 aliphatic rings. The van der Waals surface area contributed by atoms with Gasteiger partial charge in [-0.2, -0.15) is 5.10 Å². The summed E-state index contributed by atoms with van der Waals surface area (Å²) in [6, 6.07) is 9.09. The first-order chi connectivity index (χ1) is 9.61. The molecule has 0 unspecified atom stereocenters. The first kappa shape index (κ1) is 13.9. The van der Waals surface area contributed by atoms with Gasteiger partial charge in [0.15, 0.2) is 0 Å². The minimum atomic E-state index is -0.293. The Kier molecular flexibility index (Phi) is 4.20. The second kappa shape index (κ2) is 6.06. The summed E-state index contributed by atoms with van der Waals surface area (Å²) in [4.78, 5) is 11.9. The molecule has 0 radical (unpaired) electrons. The maximum absolute atomic E-state index is 11.9. The Morgan fingerprint density at radius 1 is 1.35 bits per heavy atom. The number of hydrazone groups is 1. The topological polar surface area (TPSA) is 63.8 Å². The van der Waals surface area contributed by atoms with E-state index >= 15 is 0 Å². The van der Waals surface area contributed by atoms with E-state index in [1.165, 1.54) is 6.26 Å². The number of ether oxygens (including phenoxy) is 1. The Hall–Kier alpha value is -2.56. The fourth-order valence-corrected chi connectivity index (χ4v) is 1.73. The molecule has 20 heavy (non-hydrogen) atoms. The molecule has 1 aromatic carbocycles. The van der Waals surface area contributed by atoms with Crippen LogP contribution in [0.2, 0.25) is 0 Å². The molecule has 0 saturated heterocycles. The Morgan fingerprint density at radius 2 is 2.15 bits per heavy atom. The maximum Gasteiger partial charge on any atom is 0.274 e. The lowest BCUT2D eigenvalue weighted by Gasteiger charge is -2.04. The summed E-state index contributed by atoms with van der Waals surface area (Å²) in [7, 11) is 1.61. The molecule has 5 nitrogen and oxygen atoms in total. The quantitative estimate of drug-likeness (QED) is 0.687. The molecule has 0 bridgehead atoms. The fourth-order valence-electron chi connectivity index (χ4n) is 1.73. The van der Waals surface area contributed by atoms with Crippen molar-refractivity contribution < 1.29 is 13.9 Å². The van der Waals surface area contributed by atoms with E-state index in [0.717, 1.165) is 11.3 Å². The zero-order chi connectivity index (χ0) is 14.5. The Bertz CT molecular complexity index is 644. The molecule has 0 aliphatic carbocycles. The molecule has 0 spiro atoms. The first-order valence-electron chi connectivity index (χ1n) is 6.15. The van der Waals surface area contributed by atoms with Crippen molar-refractivity contribution in [2.75, 3.05) is 7.11 Å². The van der Waals surface area contributed by atoms with Crippen LogP contribution in [0.3, 0.4) is 0 Å². The van der Waals surface area contributed by atoms with Crippen molar-refractivity contribution >= 4 is 11.6 Å². The molecule has 0 atom stereocenters. The van der Waals surface area contributed by atoms with Gasteiger partial charge in [0, 0.05) is 5.56 Å². The Morgan fingerprint density at radius 3 is 2.80 bits per heavy atom. The monoisotopic (exact) mass is 272 g/mol. The average Bonchev–Trinajstić information content (AvgIpc) is 2.90. The number of rotatable bonds is 4. The van der Waals surface area contributed by atoms with Gasteiger partial charge < -0.3 is 9.15 Å². The van der Waals surface area contributed by atoms with Crippen LogP contribution in [-0.2, 0) is 0 Å². The molecule has 0 fully saturated rings. The van der Waals surface area contributed by atoms with Gasteiger partial charge in [-0.3, -0.25) is 4.79 Å². The molecule has 0 saturated carbocycles. The number of nitrogens with one attached hydrogen (secondary N) is 1. The molecule has 1 amide bonds. The highest BCUT2D eigenvalue weighted by molar-refractivity contribution is 6.01. The summed E-state index contributed by atoms with van der Waals surface area (Å²) in [6.07, 6.45) is 1.48. The minimum Gasteiger partial charge on any atom is -0.497 e. The molecule has 2 rings (SSSR count). The molecule has 1 heterocycles. The van der Waals surface area contributed by atoms with E-state index in [9.17, 15) is 4.79 Å². The van der Waals surface area contributed by atoms with E-state index in [1.54, 1.807) is 20.1 Å². The number of furan rings is 1. The minimum absolute atomic E-state index is 0.293. The molecular weight excluding hydrogens is 256 g/mol. The predicted octanol–water partition coefficient (Wildman–Crippen LogP) is 2.75.